The quantitative estimate of drug-likeness (QED) is 0.677. The van der Waals surface area contributed by atoms with Gasteiger partial charge < -0.3 is 20.5 Å². The van der Waals surface area contributed by atoms with Crippen LogP contribution in [-0.2, 0) is 11.3 Å². The van der Waals surface area contributed by atoms with E-state index in [1.807, 2.05) is 18.2 Å². The van der Waals surface area contributed by atoms with Crippen molar-refractivity contribution < 1.29 is 14.6 Å². The summed E-state index contributed by atoms with van der Waals surface area (Å²) < 4.78 is 5.30. The molecule has 5 heteroatoms. The molecule has 19 heavy (non-hydrogen) atoms. The number of ether oxygens (including phenoxy) is 1. The highest BCUT2D eigenvalue weighted by Gasteiger charge is 2.15. The molecule has 1 atom stereocenters. The van der Waals surface area contributed by atoms with E-state index in [4.69, 9.17) is 9.84 Å². The summed E-state index contributed by atoms with van der Waals surface area (Å²) >= 11 is 0. The first kappa shape index (κ1) is 13.8. The van der Waals surface area contributed by atoms with E-state index in [-0.39, 0.29) is 18.6 Å². The molecule has 1 aromatic carbocycles. The Morgan fingerprint density at radius 1 is 1.53 bits per heavy atom. The molecule has 1 aliphatic heterocycles. The fraction of sp³-hybridized carbons (Fsp3) is 0.500. The highest BCUT2D eigenvalue weighted by atomic mass is 16.5. The van der Waals surface area contributed by atoms with Crippen LogP contribution in [0.15, 0.2) is 18.2 Å². The number of amides is 1. The van der Waals surface area contributed by atoms with Crippen molar-refractivity contribution in [2.75, 3.05) is 18.5 Å². The topological polar surface area (TPSA) is 70.6 Å². The van der Waals surface area contributed by atoms with Crippen LogP contribution in [0.4, 0.5) is 5.69 Å². The Bertz CT molecular complexity index is 446. The first-order valence-electron chi connectivity index (χ1n) is 6.59. The fourth-order valence-electron chi connectivity index (χ4n) is 2.00. The number of benzene rings is 1. The monoisotopic (exact) mass is 264 g/mol. The lowest BCUT2D eigenvalue weighted by atomic mass is 10.1. The normalized spacial score (nSPS) is 15.4. The summed E-state index contributed by atoms with van der Waals surface area (Å²) in [5, 5.41) is 15.2. The molecule has 0 bridgehead atoms. The summed E-state index contributed by atoms with van der Waals surface area (Å²) in [6.45, 7) is 3.49. The van der Waals surface area contributed by atoms with Crippen molar-refractivity contribution in [3.8, 4) is 5.75 Å². The SMILES string of the molecule is CC(O)CCCNCc1ccc2c(c1)NC(=O)CO2. The van der Waals surface area contributed by atoms with E-state index in [0.29, 0.717) is 0 Å². The second-order valence-electron chi connectivity index (χ2n) is 4.84. The van der Waals surface area contributed by atoms with Crippen LogP contribution in [0.3, 0.4) is 0 Å². The van der Waals surface area contributed by atoms with Gasteiger partial charge in [0, 0.05) is 6.54 Å². The molecule has 2 rings (SSSR count). The molecule has 3 N–H and O–H groups in total. The molecule has 0 saturated heterocycles. The Hall–Kier alpha value is -1.59. The van der Waals surface area contributed by atoms with Gasteiger partial charge in [-0.2, -0.15) is 0 Å². The van der Waals surface area contributed by atoms with E-state index < -0.39 is 0 Å². The zero-order chi connectivity index (χ0) is 13.7. The van der Waals surface area contributed by atoms with Gasteiger partial charge in [0.15, 0.2) is 6.61 Å². The largest absolute Gasteiger partial charge is 0.482 e. The minimum absolute atomic E-state index is 0.0872. The summed E-state index contributed by atoms with van der Waals surface area (Å²) in [6.07, 6.45) is 1.52. The maximum atomic E-state index is 11.2. The lowest BCUT2D eigenvalue weighted by Gasteiger charge is -2.18. The van der Waals surface area contributed by atoms with E-state index in [1.54, 1.807) is 6.92 Å². The third kappa shape index (κ3) is 4.22. The number of aliphatic hydroxyl groups excluding tert-OH is 1. The van der Waals surface area contributed by atoms with E-state index >= 15 is 0 Å². The highest BCUT2D eigenvalue weighted by molar-refractivity contribution is 5.95. The molecule has 1 unspecified atom stereocenters. The van der Waals surface area contributed by atoms with Crippen LogP contribution < -0.4 is 15.4 Å². The van der Waals surface area contributed by atoms with Gasteiger partial charge in [-0.15, -0.1) is 0 Å². The van der Waals surface area contributed by atoms with Crippen LogP contribution >= 0.6 is 0 Å². The van der Waals surface area contributed by atoms with Crippen LogP contribution in [0.2, 0.25) is 0 Å². The first-order chi connectivity index (χ1) is 9.15. The fourth-order valence-corrected chi connectivity index (χ4v) is 2.00. The number of aliphatic hydroxyl groups is 1. The lowest BCUT2D eigenvalue weighted by molar-refractivity contribution is -0.118. The second-order valence-corrected chi connectivity index (χ2v) is 4.84. The number of hydrogen-bond donors (Lipinski definition) is 3. The number of carbonyl (C=O) groups excluding carboxylic acids is 1. The Kier molecular flexibility index (Phi) is 4.76. The van der Waals surface area contributed by atoms with Crippen molar-refractivity contribution in [1.82, 2.24) is 5.32 Å². The summed E-state index contributed by atoms with van der Waals surface area (Å²) in [5.74, 6) is 0.604. The van der Waals surface area contributed by atoms with Gasteiger partial charge in [0.05, 0.1) is 11.8 Å². The van der Waals surface area contributed by atoms with E-state index in [1.165, 1.54) is 0 Å². The van der Waals surface area contributed by atoms with E-state index in [0.717, 1.165) is 42.9 Å². The molecule has 1 aromatic rings. The number of nitrogens with one attached hydrogen (secondary N) is 2. The van der Waals surface area contributed by atoms with Gasteiger partial charge in [0.2, 0.25) is 0 Å². The third-order valence-electron chi connectivity index (χ3n) is 2.98. The standard InChI is InChI=1S/C14H20N2O3/c1-10(17)3-2-6-15-8-11-4-5-13-12(7-11)16-14(18)9-19-13/h4-5,7,10,15,17H,2-3,6,8-9H2,1H3,(H,16,18). The molecule has 0 saturated carbocycles. The predicted molar refractivity (Wildman–Crippen MR) is 73.2 cm³/mol. The summed E-state index contributed by atoms with van der Waals surface area (Å²) in [7, 11) is 0. The number of carbonyl (C=O) groups is 1. The molecule has 5 nitrogen and oxygen atoms in total. The third-order valence-corrected chi connectivity index (χ3v) is 2.98. The zero-order valence-corrected chi connectivity index (χ0v) is 11.1. The molecule has 0 aliphatic carbocycles. The van der Waals surface area contributed by atoms with Crippen molar-refractivity contribution in [3.05, 3.63) is 23.8 Å². The van der Waals surface area contributed by atoms with Crippen molar-refractivity contribution in [2.24, 2.45) is 0 Å². The zero-order valence-electron chi connectivity index (χ0n) is 11.1. The first-order valence-corrected chi connectivity index (χ1v) is 6.59. The Morgan fingerprint density at radius 2 is 2.37 bits per heavy atom. The smallest absolute Gasteiger partial charge is 0.262 e. The van der Waals surface area contributed by atoms with Crippen LogP contribution in [-0.4, -0.2) is 30.3 Å². The number of fused-ring (bicyclic) bond motifs is 1. The van der Waals surface area contributed by atoms with Crippen LogP contribution in [0.25, 0.3) is 0 Å². The minimum atomic E-state index is -0.238. The van der Waals surface area contributed by atoms with Gasteiger partial charge >= 0.3 is 0 Å². The molecule has 1 amide bonds. The van der Waals surface area contributed by atoms with Gasteiger partial charge in [-0.3, -0.25) is 4.79 Å². The van der Waals surface area contributed by atoms with Gasteiger partial charge in [0.25, 0.3) is 5.91 Å². The van der Waals surface area contributed by atoms with Crippen LogP contribution in [0.5, 0.6) is 5.75 Å². The van der Waals surface area contributed by atoms with E-state index in [9.17, 15) is 4.79 Å². The molecule has 0 radical (unpaired) electrons. The summed E-state index contributed by atoms with van der Waals surface area (Å²) in [4.78, 5) is 11.2. The summed E-state index contributed by atoms with van der Waals surface area (Å²) in [5.41, 5.74) is 1.83. The molecule has 1 heterocycles. The molecule has 0 aromatic heterocycles. The average Bonchev–Trinajstić information content (AvgIpc) is 2.37. The second kappa shape index (κ2) is 6.54. The Morgan fingerprint density at radius 3 is 3.16 bits per heavy atom. The summed E-state index contributed by atoms with van der Waals surface area (Å²) in [6, 6.07) is 5.79. The van der Waals surface area contributed by atoms with Gasteiger partial charge in [-0.1, -0.05) is 6.07 Å². The van der Waals surface area contributed by atoms with Crippen molar-refractivity contribution in [2.45, 2.75) is 32.4 Å². The number of hydrogen-bond acceptors (Lipinski definition) is 4. The Labute approximate surface area is 113 Å². The molecular formula is C14H20N2O3. The highest BCUT2D eigenvalue weighted by Crippen LogP contribution is 2.28. The molecule has 0 spiro atoms. The van der Waals surface area contributed by atoms with Gasteiger partial charge in [-0.25, -0.2) is 0 Å². The maximum absolute atomic E-state index is 11.2. The van der Waals surface area contributed by atoms with Crippen molar-refractivity contribution in [1.29, 1.82) is 0 Å². The number of rotatable bonds is 6. The van der Waals surface area contributed by atoms with Crippen LogP contribution in [0.1, 0.15) is 25.3 Å². The maximum Gasteiger partial charge on any atom is 0.262 e. The van der Waals surface area contributed by atoms with Gasteiger partial charge in [-0.05, 0) is 44.0 Å². The molecular weight excluding hydrogens is 244 g/mol. The van der Waals surface area contributed by atoms with Crippen molar-refractivity contribution >= 4 is 11.6 Å². The van der Waals surface area contributed by atoms with Crippen molar-refractivity contribution in [3.63, 3.8) is 0 Å². The lowest BCUT2D eigenvalue weighted by Crippen LogP contribution is -2.25. The minimum Gasteiger partial charge on any atom is -0.482 e. The number of anilines is 1. The van der Waals surface area contributed by atoms with E-state index in [2.05, 4.69) is 10.6 Å². The van der Waals surface area contributed by atoms with Gasteiger partial charge in [0.1, 0.15) is 5.75 Å². The molecule has 104 valence electrons. The molecule has 0 fully saturated rings. The average molecular weight is 264 g/mol. The van der Waals surface area contributed by atoms with Crippen LogP contribution in [0, 0.1) is 0 Å². The predicted octanol–water partition coefficient (Wildman–Crippen LogP) is 1.27. The molecule has 1 aliphatic rings. The Balaban J connectivity index is 1.81.